The maximum atomic E-state index is 13.0. The van der Waals surface area contributed by atoms with E-state index in [1.807, 2.05) is 12.1 Å². The van der Waals surface area contributed by atoms with Gasteiger partial charge in [-0.05, 0) is 35.7 Å². The van der Waals surface area contributed by atoms with E-state index in [0.29, 0.717) is 12.0 Å². The molecule has 1 fully saturated rings. The third kappa shape index (κ3) is 6.23. The molecule has 0 aliphatic carbocycles. The number of nitrogens with zero attached hydrogens (tertiary/aromatic N) is 3. The van der Waals surface area contributed by atoms with Crippen LogP contribution >= 0.6 is 0 Å². The number of allylic oxidation sites excluding steroid dienone is 1. The Bertz CT molecular complexity index is 891. The fraction of sp³-hybridized carbons (Fsp3) is 0.304. The molecular formula is C23H27FN4O2. The SMILES string of the molecule is C=CCc1cccc(/C=N/NC(=O)CN2CCN(Cc3ccc(F)cc3)CC2)c1O. The number of carbonyl (C=O) groups excluding carboxylic acids is 1. The average molecular weight is 410 g/mol. The molecule has 6 nitrogen and oxygen atoms in total. The highest BCUT2D eigenvalue weighted by Gasteiger charge is 2.19. The lowest BCUT2D eigenvalue weighted by Crippen LogP contribution is -2.48. The molecule has 1 amide bonds. The molecule has 30 heavy (non-hydrogen) atoms. The average Bonchev–Trinajstić information content (AvgIpc) is 2.74. The van der Waals surface area contributed by atoms with Crippen LogP contribution in [0.3, 0.4) is 0 Å². The van der Waals surface area contributed by atoms with Gasteiger partial charge in [0.15, 0.2) is 0 Å². The molecule has 0 aromatic heterocycles. The quantitative estimate of drug-likeness (QED) is 0.399. The number of para-hydroxylation sites is 1. The summed E-state index contributed by atoms with van der Waals surface area (Å²) in [6.45, 7) is 7.97. The molecule has 1 aliphatic heterocycles. The summed E-state index contributed by atoms with van der Waals surface area (Å²) in [5.41, 5.74) is 4.91. The zero-order valence-electron chi connectivity index (χ0n) is 16.9. The van der Waals surface area contributed by atoms with E-state index in [9.17, 15) is 14.3 Å². The third-order valence-corrected chi connectivity index (χ3v) is 5.06. The highest BCUT2D eigenvalue weighted by atomic mass is 19.1. The molecule has 3 rings (SSSR count). The molecule has 1 saturated heterocycles. The summed E-state index contributed by atoms with van der Waals surface area (Å²) in [4.78, 5) is 16.5. The Kier molecular flexibility index (Phi) is 7.70. The molecule has 2 aromatic rings. The third-order valence-electron chi connectivity index (χ3n) is 5.06. The zero-order chi connectivity index (χ0) is 21.3. The monoisotopic (exact) mass is 410 g/mol. The van der Waals surface area contributed by atoms with E-state index < -0.39 is 0 Å². The van der Waals surface area contributed by atoms with E-state index in [-0.39, 0.29) is 24.0 Å². The molecular weight excluding hydrogens is 383 g/mol. The Balaban J connectivity index is 1.42. The molecule has 158 valence electrons. The van der Waals surface area contributed by atoms with Gasteiger partial charge in [0.05, 0.1) is 12.8 Å². The van der Waals surface area contributed by atoms with E-state index in [2.05, 4.69) is 26.9 Å². The number of hydrogen-bond acceptors (Lipinski definition) is 5. The van der Waals surface area contributed by atoms with Crippen LogP contribution in [-0.2, 0) is 17.8 Å². The molecule has 0 spiro atoms. The molecule has 0 radical (unpaired) electrons. The highest BCUT2D eigenvalue weighted by molar-refractivity contribution is 5.86. The molecule has 7 heteroatoms. The zero-order valence-corrected chi connectivity index (χ0v) is 16.9. The molecule has 0 atom stereocenters. The van der Waals surface area contributed by atoms with Gasteiger partial charge in [-0.25, -0.2) is 9.82 Å². The number of rotatable bonds is 8. The van der Waals surface area contributed by atoms with E-state index in [0.717, 1.165) is 43.9 Å². The first-order chi connectivity index (χ1) is 14.5. The van der Waals surface area contributed by atoms with E-state index >= 15 is 0 Å². The molecule has 2 aromatic carbocycles. The Labute approximate surface area is 176 Å². The van der Waals surface area contributed by atoms with Crippen molar-refractivity contribution in [1.29, 1.82) is 0 Å². The van der Waals surface area contributed by atoms with Crippen molar-refractivity contribution in [3.63, 3.8) is 0 Å². The molecule has 0 saturated carbocycles. The van der Waals surface area contributed by atoms with Crippen molar-refractivity contribution < 1.29 is 14.3 Å². The van der Waals surface area contributed by atoms with Crippen molar-refractivity contribution in [2.75, 3.05) is 32.7 Å². The van der Waals surface area contributed by atoms with E-state index in [1.54, 1.807) is 24.3 Å². The summed E-state index contributed by atoms with van der Waals surface area (Å²) in [6.07, 6.45) is 3.73. The molecule has 0 bridgehead atoms. The Hall–Kier alpha value is -3.03. The van der Waals surface area contributed by atoms with Crippen LogP contribution in [0.25, 0.3) is 0 Å². The van der Waals surface area contributed by atoms with Crippen molar-refractivity contribution >= 4 is 12.1 Å². The first-order valence-electron chi connectivity index (χ1n) is 9.98. The number of piperazine rings is 1. The van der Waals surface area contributed by atoms with Crippen LogP contribution in [0, 0.1) is 5.82 Å². The second kappa shape index (κ2) is 10.7. The smallest absolute Gasteiger partial charge is 0.254 e. The van der Waals surface area contributed by atoms with Crippen molar-refractivity contribution in [1.82, 2.24) is 15.2 Å². The van der Waals surface area contributed by atoms with Gasteiger partial charge >= 0.3 is 0 Å². The maximum Gasteiger partial charge on any atom is 0.254 e. The number of halogens is 1. The number of aromatic hydroxyl groups is 1. The predicted octanol–water partition coefficient (Wildman–Crippen LogP) is 2.53. The normalized spacial score (nSPS) is 15.4. The van der Waals surface area contributed by atoms with Crippen molar-refractivity contribution in [2.45, 2.75) is 13.0 Å². The predicted molar refractivity (Wildman–Crippen MR) is 116 cm³/mol. The number of carbonyl (C=O) groups is 1. The van der Waals surface area contributed by atoms with Crippen molar-refractivity contribution in [2.24, 2.45) is 5.10 Å². The second-order valence-electron chi connectivity index (χ2n) is 7.32. The number of amides is 1. The molecule has 0 unspecified atom stereocenters. The standard InChI is InChI=1S/C23H27FN4O2/c1-2-4-19-5-3-6-20(23(19)30)15-25-26-22(29)17-28-13-11-27(12-14-28)16-18-7-9-21(24)10-8-18/h2-3,5-10,15,30H,1,4,11-14,16-17H2,(H,26,29)/b25-15+. The van der Waals surface area contributed by atoms with Gasteiger partial charge < -0.3 is 5.11 Å². The van der Waals surface area contributed by atoms with Gasteiger partial charge in [0.1, 0.15) is 11.6 Å². The second-order valence-corrected chi connectivity index (χ2v) is 7.32. The summed E-state index contributed by atoms with van der Waals surface area (Å²) >= 11 is 0. The van der Waals surface area contributed by atoms with Gasteiger partial charge in [0, 0.05) is 38.3 Å². The number of phenolic OH excluding ortho intramolecular Hbond substituents is 1. The minimum absolute atomic E-state index is 0.146. The lowest BCUT2D eigenvalue weighted by Gasteiger charge is -2.34. The number of hydrogen-bond donors (Lipinski definition) is 2. The van der Waals surface area contributed by atoms with Crippen LogP contribution in [0.4, 0.5) is 4.39 Å². The molecule has 1 aliphatic rings. The fourth-order valence-corrected chi connectivity index (χ4v) is 3.40. The van der Waals surface area contributed by atoms with E-state index in [1.165, 1.54) is 18.3 Å². The van der Waals surface area contributed by atoms with Gasteiger partial charge in [-0.2, -0.15) is 5.10 Å². The molecule has 1 heterocycles. The van der Waals surface area contributed by atoms with Crippen LogP contribution in [0.5, 0.6) is 5.75 Å². The summed E-state index contributed by atoms with van der Waals surface area (Å²) in [5.74, 6) is -0.274. The highest BCUT2D eigenvalue weighted by Crippen LogP contribution is 2.21. The van der Waals surface area contributed by atoms with Crippen LogP contribution in [0.1, 0.15) is 16.7 Å². The number of hydrazone groups is 1. The van der Waals surface area contributed by atoms with Gasteiger partial charge in [0.2, 0.25) is 0 Å². The first kappa shape index (κ1) is 21.7. The topological polar surface area (TPSA) is 68.2 Å². The summed E-state index contributed by atoms with van der Waals surface area (Å²) < 4.78 is 13.0. The summed E-state index contributed by atoms with van der Waals surface area (Å²) in [6, 6.07) is 11.9. The largest absolute Gasteiger partial charge is 0.507 e. The lowest BCUT2D eigenvalue weighted by atomic mass is 10.1. The van der Waals surface area contributed by atoms with Crippen LogP contribution < -0.4 is 5.43 Å². The van der Waals surface area contributed by atoms with Gasteiger partial charge in [0.25, 0.3) is 5.91 Å². The maximum absolute atomic E-state index is 13.0. The number of benzene rings is 2. The summed E-state index contributed by atoms with van der Waals surface area (Å²) in [7, 11) is 0. The van der Waals surface area contributed by atoms with Gasteiger partial charge in [-0.15, -0.1) is 6.58 Å². The Morgan fingerprint density at radius 2 is 1.83 bits per heavy atom. The Morgan fingerprint density at radius 1 is 1.13 bits per heavy atom. The first-order valence-corrected chi connectivity index (χ1v) is 9.98. The van der Waals surface area contributed by atoms with Crippen LogP contribution in [0.2, 0.25) is 0 Å². The Morgan fingerprint density at radius 3 is 2.53 bits per heavy atom. The van der Waals surface area contributed by atoms with Crippen LogP contribution in [0.15, 0.2) is 60.2 Å². The minimum atomic E-state index is -0.225. The van der Waals surface area contributed by atoms with Gasteiger partial charge in [-0.1, -0.05) is 30.3 Å². The van der Waals surface area contributed by atoms with Gasteiger partial charge in [-0.3, -0.25) is 14.6 Å². The number of nitrogens with one attached hydrogen (secondary N) is 1. The minimum Gasteiger partial charge on any atom is -0.507 e. The van der Waals surface area contributed by atoms with Crippen LogP contribution in [-0.4, -0.2) is 59.8 Å². The molecule has 2 N–H and O–H groups in total. The van der Waals surface area contributed by atoms with E-state index in [4.69, 9.17) is 0 Å². The van der Waals surface area contributed by atoms with Crippen molar-refractivity contribution in [3.8, 4) is 5.75 Å². The lowest BCUT2D eigenvalue weighted by molar-refractivity contribution is -0.122. The number of phenols is 1. The van der Waals surface area contributed by atoms with Crippen molar-refractivity contribution in [3.05, 3.63) is 77.6 Å². The summed E-state index contributed by atoms with van der Waals surface area (Å²) in [5, 5.41) is 14.2. The fourth-order valence-electron chi connectivity index (χ4n) is 3.40.